The maximum absolute atomic E-state index is 16.5. The van der Waals surface area contributed by atoms with Crippen molar-refractivity contribution in [1.82, 2.24) is 53.2 Å². The molecule has 3 fully saturated rings. The Hall–Kier alpha value is -11.4. The molecule has 0 spiro atoms. The Kier molecular flexibility index (Phi) is 34.1. The van der Waals surface area contributed by atoms with Crippen molar-refractivity contribution in [3.63, 3.8) is 0 Å². The second-order valence-corrected chi connectivity index (χ2v) is 35.8. The number of alkyl carbamates (subject to hydrolysis) is 1. The summed E-state index contributed by atoms with van der Waals surface area (Å²) in [6.45, 7) is 10.6. The second kappa shape index (κ2) is 45.1. The Morgan fingerprint density at radius 1 is 0.654 bits per heavy atom. The lowest BCUT2D eigenvalue weighted by Gasteiger charge is -2.46. The van der Waals surface area contributed by atoms with E-state index in [1.807, 2.05) is 19.9 Å². The van der Waals surface area contributed by atoms with Gasteiger partial charge in [-0.3, -0.25) is 33.6 Å². The monoisotopic (exact) mass is 1890 g/mol. The number of hydrogen-bond donors (Lipinski definition) is 21. The molecule has 6 aromatic carbocycles. The fraction of sp³-hybridized carbons (Fsp3) is 0.505. The van der Waals surface area contributed by atoms with Crippen LogP contribution in [0.2, 0.25) is 10.0 Å². The molecule has 133 heavy (non-hydrogen) atoms. The summed E-state index contributed by atoms with van der Waals surface area (Å²) in [5, 5.41) is 136. The molecule has 10 amide bonds. The Balaban J connectivity index is 0.931. The van der Waals surface area contributed by atoms with Crippen LogP contribution in [0.3, 0.4) is 0 Å². The number of aliphatic hydroxyl groups is 5. The quantitative estimate of drug-likeness (QED) is 0.0176. The molecule has 3 saturated heterocycles. The normalized spacial score (nSPS) is 25.4. The van der Waals surface area contributed by atoms with Crippen molar-refractivity contribution >= 4 is 88.3 Å². The summed E-state index contributed by atoms with van der Waals surface area (Å²) >= 11 is 14.4. The predicted octanol–water partition coefficient (Wildman–Crippen LogP) is 7.61. The molecule has 8 aliphatic rings. The first-order valence-corrected chi connectivity index (χ1v) is 45.6. The van der Waals surface area contributed by atoms with Gasteiger partial charge in [0.25, 0.3) is 0 Å². The number of halogens is 2. The highest BCUT2D eigenvalue weighted by atomic mass is 35.5. The SMILES string of the molecule is CCCCCCc1ccc(NC(=O)NCCCCCCNCc2c(O)cc3c(c2O)-c2cc(ccc2O)[C@H]2NC(=O)[C@@H]4NC(=O)[C@H](CC(N)=O)NC(=O)[C@H](NC(=O)[C@@H](CC(C)C)NC)[C@H](O)c5ccc(c(Cl)c5)Oc5cc4cc(c5O[C@@H]4O[C@H](CO)[C@@H](O)[C@H](O)[C@H]4O[C@H]4C[C@]5(C)NC(=O)O[C@@H]5[C@H](C)O4)Oc4ccc(cc4Cl)[C@@H](O)[C@H](NC2=O)C(=O)N[C@@H]3C(=O)O)cc1CCCCCC. The molecule has 8 aliphatic heterocycles. The molecule has 0 aromatic heterocycles. The first-order valence-electron chi connectivity index (χ1n) is 44.9. The summed E-state index contributed by atoms with van der Waals surface area (Å²) in [7, 11) is 1.48. The minimum Gasteiger partial charge on any atom is -0.507 e. The largest absolute Gasteiger partial charge is 0.507 e. The third-order valence-corrected chi connectivity index (χ3v) is 25.1. The Bertz CT molecular complexity index is 5270. The number of phenolic OH excluding ortho intramolecular Hbond substituents is 3. The van der Waals surface area contributed by atoms with Crippen LogP contribution >= 0.6 is 23.2 Å². The number of ether oxygens (including phenoxy) is 7. The molecule has 0 saturated carbocycles. The molecule has 11 bridgehead atoms. The molecule has 14 rings (SSSR count). The van der Waals surface area contributed by atoms with E-state index in [1.165, 1.54) is 36.7 Å². The van der Waals surface area contributed by atoms with Gasteiger partial charge in [-0.2, -0.15) is 0 Å². The van der Waals surface area contributed by atoms with Gasteiger partial charge in [0.2, 0.25) is 53.4 Å². The Morgan fingerprint density at radius 2 is 1.28 bits per heavy atom. The molecule has 38 nitrogen and oxygen atoms in total. The van der Waals surface area contributed by atoms with E-state index in [0.717, 1.165) is 118 Å². The molecular weight excluding hydrogens is 1770 g/mol. The van der Waals surface area contributed by atoms with Crippen LogP contribution in [0.4, 0.5) is 15.3 Å². The number of aryl methyl sites for hydroxylation is 2. The fourth-order valence-electron chi connectivity index (χ4n) is 17.4. The minimum atomic E-state index is -2.39. The number of aliphatic carboxylic acids is 1. The van der Waals surface area contributed by atoms with E-state index in [9.17, 15) is 69.9 Å². The molecule has 40 heteroatoms. The van der Waals surface area contributed by atoms with Crippen LogP contribution in [0.25, 0.3) is 11.1 Å². The van der Waals surface area contributed by atoms with E-state index in [-0.39, 0.29) is 70.9 Å². The number of phenols is 3. The van der Waals surface area contributed by atoms with E-state index in [2.05, 4.69) is 84.5 Å². The van der Waals surface area contributed by atoms with Crippen LogP contribution < -0.4 is 78.4 Å². The number of carbonyl (C=O) groups is 10. The van der Waals surface area contributed by atoms with Gasteiger partial charge in [0.1, 0.15) is 89.5 Å². The zero-order valence-corrected chi connectivity index (χ0v) is 76.2. The number of fused-ring (bicyclic) bond motifs is 16. The zero-order valence-electron chi connectivity index (χ0n) is 74.7. The smallest absolute Gasteiger partial charge is 0.408 e. The standard InChI is InChI=1S/C93H118Cl2N12O26/c1-8-10-12-16-20-46-22-26-52(33-47(46)21-17-13-11-9-2)100-91(125)99-31-19-15-14-18-30-98-42-55-61(110)39-54-69(77(55)114)53-34-48(23-27-60(53)109)70-85(119)106-74(88(122)104-72(54)89(123)124)76(113)50-25-29-63(57(95)36-50)129-65-38-51-37-64(80(65)132-90-81(79(116)78(115)66(43-108)130-90)131-68-41-93(6)82(45(5)127-68)133-92(126)107-93)128-62-28-24-49(35-56(62)94)75(112)73(105-83(117)58(97-7)32-44(3)4)87(121)101-59(40-67(96)111)84(118)102-71(51)86(120)103-70/h22-29,33-39,44-45,58-59,66,68,70-76,78-79,81-82,90,97-98,108-110,112-116H,8-21,30-32,40-43H2,1-7H3,(H2,96,111)(H,101,121)(H,102,118)(H,103,120)(H,104,122)(H,105,117)(H,106,119)(H,107,126)(H,123,124)(H2,99,100,125)/t45-,58+,59-,66+,68-,70+,71+,72-,73+,74-,75+,76+,78+,79-,81+,82+,90-,93-/m0/s1. The number of likely N-dealkylation sites (N-methyl/N-ethyl adjacent to an activating group) is 1. The molecule has 720 valence electrons. The van der Waals surface area contributed by atoms with Gasteiger partial charge < -0.3 is 143 Å². The average molecular weight is 1890 g/mol. The predicted molar refractivity (Wildman–Crippen MR) is 482 cm³/mol. The van der Waals surface area contributed by atoms with Crippen molar-refractivity contribution in [1.29, 1.82) is 0 Å². The van der Waals surface area contributed by atoms with Gasteiger partial charge >= 0.3 is 18.1 Å². The lowest BCUT2D eigenvalue weighted by molar-refractivity contribution is -0.332. The molecular formula is C93H118Cl2N12O26. The first kappa shape index (κ1) is 101. The van der Waals surface area contributed by atoms with Crippen LogP contribution in [0.5, 0.6) is 46.0 Å². The van der Waals surface area contributed by atoms with Gasteiger partial charge in [-0.15, -0.1) is 0 Å². The van der Waals surface area contributed by atoms with E-state index < -0.39 is 243 Å². The highest BCUT2D eigenvalue weighted by molar-refractivity contribution is 6.32. The molecule has 0 radical (unpaired) electrons. The number of anilines is 1. The third-order valence-electron chi connectivity index (χ3n) is 24.5. The van der Waals surface area contributed by atoms with E-state index in [0.29, 0.717) is 37.9 Å². The van der Waals surface area contributed by atoms with Gasteiger partial charge in [0.05, 0.1) is 46.3 Å². The van der Waals surface area contributed by atoms with Crippen LogP contribution in [0.15, 0.2) is 91.0 Å². The number of amides is 10. The van der Waals surface area contributed by atoms with Crippen LogP contribution in [0.1, 0.15) is 213 Å². The van der Waals surface area contributed by atoms with E-state index in [1.54, 1.807) is 13.8 Å². The van der Waals surface area contributed by atoms with Gasteiger partial charge in [-0.25, -0.2) is 14.4 Å². The second-order valence-electron chi connectivity index (χ2n) is 35.0. The van der Waals surface area contributed by atoms with Crippen LogP contribution in [-0.2, 0) is 76.7 Å². The highest BCUT2D eigenvalue weighted by Crippen LogP contribution is 2.51. The zero-order chi connectivity index (χ0) is 96.0. The number of unbranched alkanes of at least 4 members (excludes halogenated alkanes) is 9. The van der Waals surface area contributed by atoms with Crippen LogP contribution in [-0.4, -0.2) is 211 Å². The number of aromatic hydroxyl groups is 3. The molecule has 8 heterocycles. The van der Waals surface area contributed by atoms with Gasteiger partial charge in [-0.05, 0) is 178 Å². The Morgan fingerprint density at radius 3 is 1.91 bits per heavy atom. The number of primary amides is 1. The number of carboxylic acid groups (broad SMARTS) is 1. The summed E-state index contributed by atoms with van der Waals surface area (Å²) in [5.74, 6) is -16.1. The Labute approximate surface area is 777 Å². The van der Waals surface area contributed by atoms with Crippen LogP contribution in [0, 0.1) is 5.92 Å². The number of carbonyl (C=O) groups excluding carboxylic acids is 9. The van der Waals surface area contributed by atoms with E-state index >= 15 is 24.0 Å². The average Bonchev–Trinajstić information content (AvgIpc) is 1.42. The van der Waals surface area contributed by atoms with Crippen molar-refractivity contribution in [3.05, 3.63) is 146 Å². The van der Waals surface area contributed by atoms with E-state index in [4.69, 9.17) is 62.1 Å². The van der Waals surface area contributed by atoms with Gasteiger partial charge in [0, 0.05) is 41.9 Å². The number of rotatable bonds is 33. The number of urea groups is 1. The van der Waals surface area contributed by atoms with Gasteiger partial charge in [0.15, 0.2) is 36.0 Å². The summed E-state index contributed by atoms with van der Waals surface area (Å²) in [6.07, 6.45) is -5.48. The highest BCUT2D eigenvalue weighted by Gasteiger charge is 2.56. The van der Waals surface area contributed by atoms with Crippen molar-refractivity contribution in [2.45, 2.75) is 266 Å². The van der Waals surface area contributed by atoms with Crippen molar-refractivity contribution in [3.8, 4) is 57.1 Å². The summed E-state index contributed by atoms with van der Waals surface area (Å²) in [5.41, 5.74) is 4.74. The molecule has 0 unspecified atom stereocenters. The molecule has 18 atom stereocenters. The number of nitrogens with two attached hydrogens (primary N) is 1. The molecule has 0 aliphatic carbocycles. The van der Waals surface area contributed by atoms with Crippen molar-refractivity contribution in [2.75, 3.05) is 32.1 Å². The lowest BCUT2D eigenvalue weighted by atomic mass is 9.86. The third kappa shape index (κ3) is 24.2. The topological polar surface area (TPSA) is 576 Å². The molecule has 6 aromatic rings. The fourth-order valence-corrected chi connectivity index (χ4v) is 17.9. The number of hydrogen-bond acceptors (Lipinski definition) is 27. The molecule has 22 N–H and O–H groups in total. The number of aliphatic hydroxyl groups excluding tert-OH is 5. The van der Waals surface area contributed by atoms with Crippen molar-refractivity contribution < 1.29 is 127 Å². The number of carboxylic acids is 1. The summed E-state index contributed by atoms with van der Waals surface area (Å²) in [4.78, 5) is 146. The maximum atomic E-state index is 16.5. The minimum absolute atomic E-state index is 0.116. The number of benzene rings is 6. The lowest BCUT2D eigenvalue weighted by Crippen LogP contribution is -2.63. The summed E-state index contributed by atoms with van der Waals surface area (Å²) < 4.78 is 44.7. The first-order chi connectivity index (χ1) is 63.5. The van der Waals surface area contributed by atoms with Gasteiger partial charge in [-0.1, -0.05) is 127 Å². The van der Waals surface area contributed by atoms with Crippen molar-refractivity contribution in [2.24, 2.45) is 11.7 Å². The summed E-state index contributed by atoms with van der Waals surface area (Å²) in [6, 6.07) is 4.28. The number of nitrogens with one attached hydrogen (secondary N) is 11. The maximum Gasteiger partial charge on any atom is 0.408 e.